The van der Waals surface area contributed by atoms with E-state index in [9.17, 15) is 9.90 Å². The van der Waals surface area contributed by atoms with Crippen LogP contribution in [0.15, 0.2) is 0 Å². The van der Waals surface area contributed by atoms with Crippen LogP contribution >= 0.6 is 0 Å². The highest BCUT2D eigenvalue weighted by atomic mass is 16.4. The maximum absolute atomic E-state index is 10.7. The molecule has 0 aromatic rings. The smallest absolute Gasteiger partial charge is 0.335 e. The SMILES string of the molecule is O=C(O)C1(O)CC2CCCC2C1. The first-order valence-corrected chi connectivity index (χ1v) is 4.57. The molecule has 0 bridgehead atoms. The van der Waals surface area contributed by atoms with E-state index in [1.54, 1.807) is 0 Å². The summed E-state index contributed by atoms with van der Waals surface area (Å²) >= 11 is 0. The number of fused-ring (bicyclic) bond motifs is 1. The number of rotatable bonds is 1. The summed E-state index contributed by atoms with van der Waals surface area (Å²) in [4.78, 5) is 10.7. The van der Waals surface area contributed by atoms with Crippen LogP contribution in [0, 0.1) is 11.8 Å². The van der Waals surface area contributed by atoms with Gasteiger partial charge in [-0.2, -0.15) is 0 Å². The molecule has 2 aliphatic rings. The van der Waals surface area contributed by atoms with Crippen molar-refractivity contribution in [1.29, 1.82) is 0 Å². The molecule has 2 fully saturated rings. The summed E-state index contributed by atoms with van der Waals surface area (Å²) < 4.78 is 0. The summed E-state index contributed by atoms with van der Waals surface area (Å²) in [6.07, 6.45) is 4.39. The van der Waals surface area contributed by atoms with Crippen molar-refractivity contribution in [2.24, 2.45) is 11.8 Å². The van der Waals surface area contributed by atoms with E-state index in [1.165, 1.54) is 6.42 Å². The molecule has 3 nitrogen and oxygen atoms in total. The van der Waals surface area contributed by atoms with Gasteiger partial charge in [-0.1, -0.05) is 19.3 Å². The van der Waals surface area contributed by atoms with E-state index in [0.29, 0.717) is 24.7 Å². The number of carboxylic acid groups (broad SMARTS) is 1. The zero-order valence-corrected chi connectivity index (χ0v) is 6.99. The molecule has 0 aromatic carbocycles. The van der Waals surface area contributed by atoms with Crippen molar-refractivity contribution >= 4 is 5.97 Å². The fraction of sp³-hybridized carbons (Fsp3) is 0.889. The fourth-order valence-electron chi connectivity index (χ4n) is 2.78. The molecule has 2 atom stereocenters. The topological polar surface area (TPSA) is 57.5 Å². The molecule has 2 aliphatic carbocycles. The summed E-state index contributed by atoms with van der Waals surface area (Å²) in [7, 11) is 0. The quantitative estimate of drug-likeness (QED) is 0.617. The van der Waals surface area contributed by atoms with Crippen LogP contribution in [-0.4, -0.2) is 21.8 Å². The third kappa shape index (κ3) is 1.04. The van der Waals surface area contributed by atoms with Gasteiger partial charge in [-0.3, -0.25) is 0 Å². The van der Waals surface area contributed by atoms with E-state index in [0.717, 1.165) is 12.8 Å². The molecule has 2 unspecified atom stereocenters. The van der Waals surface area contributed by atoms with Gasteiger partial charge in [-0.25, -0.2) is 4.79 Å². The Hall–Kier alpha value is -0.570. The molecule has 68 valence electrons. The predicted molar refractivity (Wildman–Crippen MR) is 42.7 cm³/mol. The molecule has 3 heteroatoms. The molecule has 2 rings (SSSR count). The first-order valence-electron chi connectivity index (χ1n) is 4.57. The monoisotopic (exact) mass is 170 g/mol. The first-order chi connectivity index (χ1) is 5.62. The third-order valence-electron chi connectivity index (χ3n) is 3.41. The minimum atomic E-state index is -1.39. The Labute approximate surface area is 71.4 Å². The normalized spacial score (nSPS) is 46.1. The van der Waals surface area contributed by atoms with E-state index < -0.39 is 11.6 Å². The Morgan fingerprint density at radius 1 is 1.25 bits per heavy atom. The van der Waals surface area contributed by atoms with Gasteiger partial charge in [0, 0.05) is 0 Å². The lowest BCUT2D eigenvalue weighted by atomic mass is 9.99. The van der Waals surface area contributed by atoms with E-state index in [-0.39, 0.29) is 0 Å². The van der Waals surface area contributed by atoms with Gasteiger partial charge in [0.05, 0.1) is 0 Å². The number of hydrogen-bond donors (Lipinski definition) is 2. The predicted octanol–water partition coefficient (Wildman–Crippen LogP) is 1.01. The molecule has 0 radical (unpaired) electrons. The van der Waals surface area contributed by atoms with Gasteiger partial charge in [0.1, 0.15) is 0 Å². The Morgan fingerprint density at radius 2 is 1.75 bits per heavy atom. The average molecular weight is 170 g/mol. The molecule has 2 saturated carbocycles. The van der Waals surface area contributed by atoms with Crippen molar-refractivity contribution in [3.63, 3.8) is 0 Å². The lowest BCUT2D eigenvalue weighted by Crippen LogP contribution is -2.35. The first kappa shape index (κ1) is 8.05. The summed E-state index contributed by atoms with van der Waals surface area (Å²) in [5.41, 5.74) is -1.39. The van der Waals surface area contributed by atoms with Crippen molar-refractivity contribution in [3.05, 3.63) is 0 Å². The molecule has 0 saturated heterocycles. The van der Waals surface area contributed by atoms with Crippen LogP contribution in [0.3, 0.4) is 0 Å². The van der Waals surface area contributed by atoms with Gasteiger partial charge in [-0.15, -0.1) is 0 Å². The molecule has 12 heavy (non-hydrogen) atoms. The van der Waals surface area contributed by atoms with E-state index in [4.69, 9.17) is 5.11 Å². The number of aliphatic hydroxyl groups is 1. The molecule has 0 heterocycles. The van der Waals surface area contributed by atoms with Crippen molar-refractivity contribution < 1.29 is 15.0 Å². The average Bonchev–Trinajstić information content (AvgIpc) is 2.44. The second kappa shape index (κ2) is 2.46. The molecule has 2 N–H and O–H groups in total. The Kier molecular flexibility index (Phi) is 1.65. The lowest BCUT2D eigenvalue weighted by Gasteiger charge is -2.17. The highest BCUT2D eigenvalue weighted by Crippen LogP contribution is 2.48. The van der Waals surface area contributed by atoms with E-state index >= 15 is 0 Å². The largest absolute Gasteiger partial charge is 0.479 e. The van der Waals surface area contributed by atoms with E-state index in [1.807, 2.05) is 0 Å². The van der Waals surface area contributed by atoms with Crippen LogP contribution in [0.1, 0.15) is 32.1 Å². The standard InChI is InChI=1S/C9H14O3/c10-8(11)9(12)4-6-2-1-3-7(6)5-9/h6-7,12H,1-5H2,(H,10,11). The lowest BCUT2D eigenvalue weighted by molar-refractivity contribution is -0.158. The fourth-order valence-corrected chi connectivity index (χ4v) is 2.78. The highest BCUT2D eigenvalue weighted by molar-refractivity contribution is 5.77. The number of carbonyl (C=O) groups is 1. The minimum absolute atomic E-state index is 0.478. The molecule has 0 aromatic heterocycles. The van der Waals surface area contributed by atoms with Gasteiger partial charge in [-0.05, 0) is 24.7 Å². The van der Waals surface area contributed by atoms with Crippen molar-refractivity contribution in [1.82, 2.24) is 0 Å². The van der Waals surface area contributed by atoms with Crippen LogP contribution in [0.2, 0.25) is 0 Å². The van der Waals surface area contributed by atoms with E-state index in [2.05, 4.69) is 0 Å². The molecule has 0 aliphatic heterocycles. The molecular formula is C9H14O3. The van der Waals surface area contributed by atoms with Crippen molar-refractivity contribution in [2.75, 3.05) is 0 Å². The van der Waals surface area contributed by atoms with Crippen LogP contribution in [-0.2, 0) is 4.79 Å². The Balaban J connectivity index is 2.11. The number of aliphatic carboxylic acids is 1. The van der Waals surface area contributed by atoms with Gasteiger partial charge in [0.15, 0.2) is 5.60 Å². The minimum Gasteiger partial charge on any atom is -0.479 e. The molecule has 0 amide bonds. The summed E-state index contributed by atoms with van der Waals surface area (Å²) in [5, 5.41) is 18.5. The summed E-state index contributed by atoms with van der Waals surface area (Å²) in [6.45, 7) is 0. The van der Waals surface area contributed by atoms with Gasteiger partial charge < -0.3 is 10.2 Å². The second-order valence-corrected chi connectivity index (χ2v) is 4.20. The Bertz CT molecular complexity index is 200. The maximum atomic E-state index is 10.7. The van der Waals surface area contributed by atoms with Crippen molar-refractivity contribution in [3.8, 4) is 0 Å². The molecular weight excluding hydrogens is 156 g/mol. The van der Waals surface area contributed by atoms with Gasteiger partial charge >= 0.3 is 5.97 Å². The van der Waals surface area contributed by atoms with Gasteiger partial charge in [0.25, 0.3) is 0 Å². The van der Waals surface area contributed by atoms with Crippen molar-refractivity contribution in [2.45, 2.75) is 37.7 Å². The molecule has 0 spiro atoms. The third-order valence-corrected chi connectivity index (χ3v) is 3.41. The second-order valence-electron chi connectivity index (χ2n) is 4.20. The zero-order valence-electron chi connectivity index (χ0n) is 6.99. The maximum Gasteiger partial charge on any atom is 0.335 e. The summed E-state index contributed by atoms with van der Waals surface area (Å²) in [6, 6.07) is 0. The Morgan fingerprint density at radius 3 is 2.17 bits per heavy atom. The summed E-state index contributed by atoms with van der Waals surface area (Å²) in [5.74, 6) is -0.0749. The zero-order chi connectivity index (χ0) is 8.77. The van der Waals surface area contributed by atoms with Crippen LogP contribution < -0.4 is 0 Å². The van der Waals surface area contributed by atoms with Crippen LogP contribution in [0.5, 0.6) is 0 Å². The number of hydrogen-bond acceptors (Lipinski definition) is 2. The van der Waals surface area contributed by atoms with Gasteiger partial charge in [0.2, 0.25) is 0 Å². The highest BCUT2D eigenvalue weighted by Gasteiger charge is 2.50. The van der Waals surface area contributed by atoms with Crippen LogP contribution in [0.25, 0.3) is 0 Å². The van der Waals surface area contributed by atoms with Crippen LogP contribution in [0.4, 0.5) is 0 Å². The number of carboxylic acids is 1.